The lowest BCUT2D eigenvalue weighted by molar-refractivity contribution is -0.134. The van der Waals surface area contributed by atoms with Crippen LogP contribution < -0.4 is 20.5 Å². The summed E-state index contributed by atoms with van der Waals surface area (Å²) in [7, 11) is 4.24. The third-order valence-electron chi connectivity index (χ3n) is 8.07. The van der Waals surface area contributed by atoms with E-state index in [1.807, 2.05) is 41.3 Å². The first kappa shape index (κ1) is 49.1. The van der Waals surface area contributed by atoms with Crippen molar-refractivity contribution >= 4 is 82.4 Å². The maximum absolute atomic E-state index is 12.0. The van der Waals surface area contributed by atoms with Crippen LogP contribution in [-0.4, -0.2) is 113 Å². The number of piperazine rings is 2. The highest BCUT2D eigenvalue weighted by Crippen LogP contribution is 2.14. The van der Waals surface area contributed by atoms with Crippen LogP contribution in [0.15, 0.2) is 129 Å². The highest BCUT2D eigenvalue weighted by atomic mass is 79.9. The molecule has 0 radical (unpaired) electrons. The topological polar surface area (TPSA) is 156 Å². The Hall–Kier alpha value is -4.29. The highest BCUT2D eigenvalue weighted by molar-refractivity contribution is 9.11. The Kier molecular flexibility index (Phi) is 23.5. The molecular formula is C42H48Br3ClN8O5. The summed E-state index contributed by atoms with van der Waals surface area (Å²) in [5.41, 5.74) is 7.01. The van der Waals surface area contributed by atoms with E-state index in [1.54, 1.807) is 79.6 Å². The number of ether oxygens (including phenoxy) is 2. The first-order valence-electron chi connectivity index (χ1n) is 18.4. The number of likely N-dealkylation sites (N-methyl/N-ethyl adjacent to an activating group) is 2. The van der Waals surface area contributed by atoms with Crippen molar-refractivity contribution < 1.29 is 23.9 Å². The van der Waals surface area contributed by atoms with E-state index in [1.165, 1.54) is 13.1 Å². The Balaban J connectivity index is 0.000000206. The highest BCUT2D eigenvalue weighted by Gasteiger charge is 2.19. The molecule has 0 saturated carbocycles. The lowest BCUT2D eigenvalue weighted by atomic mass is 10.2. The zero-order valence-corrected chi connectivity index (χ0v) is 38.4. The summed E-state index contributed by atoms with van der Waals surface area (Å²) in [4.78, 5) is 52.2. The molecule has 0 aliphatic carbocycles. The van der Waals surface area contributed by atoms with E-state index >= 15 is 0 Å². The molecule has 0 spiro atoms. The minimum atomic E-state index is -0.814. The molecule has 59 heavy (non-hydrogen) atoms. The molecule has 3 N–H and O–H groups in total. The third-order valence-corrected chi connectivity index (χ3v) is 9.44. The Bertz CT molecular complexity index is 1970. The van der Waals surface area contributed by atoms with E-state index in [4.69, 9.17) is 22.1 Å². The number of carbonyl (C=O) groups is 3. The van der Waals surface area contributed by atoms with Gasteiger partial charge in [-0.15, -0.1) is 0 Å². The van der Waals surface area contributed by atoms with Crippen LogP contribution in [0.2, 0.25) is 0 Å². The number of halogens is 4. The van der Waals surface area contributed by atoms with Crippen molar-refractivity contribution in [3.05, 3.63) is 141 Å². The molecule has 17 heteroatoms. The maximum Gasteiger partial charge on any atom is 0.409 e. The Morgan fingerprint density at radius 2 is 1.10 bits per heavy atom. The summed E-state index contributed by atoms with van der Waals surface area (Å²) >= 11 is 14.8. The van der Waals surface area contributed by atoms with Gasteiger partial charge in [0.2, 0.25) is 5.91 Å². The Morgan fingerprint density at radius 1 is 0.644 bits per heavy atom. The van der Waals surface area contributed by atoms with Gasteiger partial charge in [0.15, 0.2) is 0 Å². The number of esters is 1. The maximum atomic E-state index is 12.0. The van der Waals surface area contributed by atoms with Crippen LogP contribution in [0.4, 0.5) is 10.5 Å². The molecule has 2 aliphatic heterocycles. The molecule has 7 rings (SSSR count). The SMILES string of the molecule is CN1CCN(C(=O)Cc2cncc(Br)c2)CC1.CN1CCNCC1.Nc1cncc(Br)c1.O=C(Cc1cncc(Br)c1)Oc1ccccc1.O=C(Cl)Oc1ccccc1. The zero-order chi connectivity index (χ0) is 42.8. The number of hydrogen-bond acceptors (Lipinski definition) is 12. The zero-order valence-electron chi connectivity index (χ0n) is 32.9. The number of rotatable bonds is 6. The molecule has 314 valence electrons. The number of hydrogen-bond donors (Lipinski definition) is 2. The number of nitrogens with zero attached hydrogens (tertiary/aromatic N) is 6. The minimum absolute atomic E-state index is 0.193. The standard InChI is InChI=1S/C13H10BrNO2.C12H16BrN3O.C7H5ClO2.C5H5BrN2.C5H12N2/c14-11-6-10(8-15-9-11)7-13(16)17-12-4-2-1-3-5-12;1-15-2-4-16(5-3-15)12(17)7-10-6-11(13)9-14-8-10;8-7(9)10-6-4-2-1-3-5-6;6-4-1-5(7)3-8-2-4;1-7-4-2-6-3-5-7/h1-6,8-9H,7H2;6,8-9H,2-5,7H2,1H3;1-5H;1-3H,7H2;6H,2-5H2,1H3. The van der Waals surface area contributed by atoms with Crippen molar-refractivity contribution in [3.8, 4) is 11.5 Å². The fourth-order valence-corrected chi connectivity index (χ4v) is 6.35. The normalized spacial score (nSPS) is 13.6. The van der Waals surface area contributed by atoms with Crippen LogP contribution >= 0.6 is 59.4 Å². The van der Waals surface area contributed by atoms with Crippen molar-refractivity contribution in [3.63, 3.8) is 0 Å². The second-order valence-corrected chi connectivity index (χ2v) is 16.0. The van der Waals surface area contributed by atoms with Gasteiger partial charge in [-0.3, -0.25) is 24.5 Å². The molecule has 0 bridgehead atoms. The van der Waals surface area contributed by atoms with Crippen LogP contribution in [0.1, 0.15) is 11.1 Å². The molecule has 5 heterocycles. The molecule has 2 aliphatic rings. The third kappa shape index (κ3) is 22.6. The van der Waals surface area contributed by atoms with Crippen molar-refractivity contribution in [2.45, 2.75) is 12.8 Å². The molecule has 0 atom stereocenters. The predicted octanol–water partition coefficient (Wildman–Crippen LogP) is 7.52. The van der Waals surface area contributed by atoms with Crippen LogP contribution in [0.5, 0.6) is 11.5 Å². The second-order valence-electron chi connectivity index (χ2n) is 13.0. The van der Waals surface area contributed by atoms with E-state index in [2.05, 4.69) is 96.7 Å². The van der Waals surface area contributed by atoms with Gasteiger partial charge in [0.25, 0.3) is 0 Å². The fraction of sp³-hybridized carbons (Fsp3) is 0.286. The molecule has 2 aromatic carbocycles. The summed E-state index contributed by atoms with van der Waals surface area (Å²) in [6.45, 7) is 8.32. The Morgan fingerprint density at radius 3 is 1.53 bits per heavy atom. The van der Waals surface area contributed by atoms with Crippen LogP contribution in [-0.2, 0) is 22.4 Å². The molecule has 2 saturated heterocycles. The van der Waals surface area contributed by atoms with Crippen molar-refractivity contribution in [1.29, 1.82) is 0 Å². The van der Waals surface area contributed by atoms with E-state index in [0.717, 1.165) is 63.8 Å². The van der Waals surface area contributed by atoms with E-state index in [-0.39, 0.29) is 18.3 Å². The Labute approximate surface area is 376 Å². The average Bonchev–Trinajstić information content (AvgIpc) is 3.20. The lowest BCUT2D eigenvalue weighted by Gasteiger charge is -2.32. The smallest absolute Gasteiger partial charge is 0.409 e. The number of amides is 1. The number of aromatic nitrogens is 3. The number of anilines is 1. The van der Waals surface area contributed by atoms with Crippen molar-refractivity contribution in [2.24, 2.45) is 0 Å². The number of nitrogen functional groups attached to an aromatic ring is 1. The molecule has 13 nitrogen and oxygen atoms in total. The van der Waals surface area contributed by atoms with Crippen LogP contribution in [0, 0.1) is 0 Å². The number of nitrogens with two attached hydrogens (primary N) is 1. The fourth-order valence-electron chi connectivity index (χ4n) is 5.06. The molecule has 1 amide bonds. The first-order chi connectivity index (χ1) is 28.4. The number of para-hydroxylation sites is 2. The van der Waals surface area contributed by atoms with Crippen LogP contribution in [0.3, 0.4) is 0 Å². The van der Waals surface area contributed by atoms with Gasteiger partial charge in [0.1, 0.15) is 11.5 Å². The summed E-state index contributed by atoms with van der Waals surface area (Å²) in [6, 6.07) is 23.2. The van der Waals surface area contributed by atoms with Gasteiger partial charge in [-0.2, -0.15) is 0 Å². The summed E-state index contributed by atoms with van der Waals surface area (Å²) < 4.78 is 12.4. The van der Waals surface area contributed by atoms with Gasteiger partial charge in [-0.05, 0) is 115 Å². The second kappa shape index (κ2) is 28.2. The van der Waals surface area contributed by atoms with E-state index < -0.39 is 5.43 Å². The first-order valence-corrected chi connectivity index (χ1v) is 21.2. The minimum Gasteiger partial charge on any atom is -0.426 e. The van der Waals surface area contributed by atoms with Gasteiger partial charge in [0, 0.05) is 115 Å². The monoisotopic (exact) mass is 1020 g/mol. The van der Waals surface area contributed by atoms with Crippen molar-refractivity contribution in [1.82, 2.24) is 35.0 Å². The van der Waals surface area contributed by atoms with Gasteiger partial charge in [0.05, 0.1) is 18.5 Å². The number of benzene rings is 2. The molecule has 5 aromatic rings. The van der Waals surface area contributed by atoms with Crippen LogP contribution in [0.25, 0.3) is 0 Å². The van der Waals surface area contributed by atoms with Gasteiger partial charge in [-0.1, -0.05) is 36.4 Å². The summed E-state index contributed by atoms with van der Waals surface area (Å²) in [6.07, 6.45) is 10.7. The molecular weight excluding hydrogens is 972 g/mol. The quantitative estimate of drug-likeness (QED) is 0.0982. The summed E-state index contributed by atoms with van der Waals surface area (Å²) in [5, 5.41) is 3.27. The lowest BCUT2D eigenvalue weighted by Crippen LogP contribution is -2.47. The van der Waals surface area contributed by atoms with Gasteiger partial charge in [-0.25, -0.2) is 4.79 Å². The summed E-state index contributed by atoms with van der Waals surface area (Å²) in [5.74, 6) is 0.914. The van der Waals surface area contributed by atoms with Gasteiger partial charge < -0.3 is 35.2 Å². The predicted molar refractivity (Wildman–Crippen MR) is 242 cm³/mol. The van der Waals surface area contributed by atoms with E-state index in [0.29, 0.717) is 23.6 Å². The molecule has 3 aromatic heterocycles. The molecule has 0 unspecified atom stereocenters. The van der Waals surface area contributed by atoms with Crippen molar-refractivity contribution in [2.75, 3.05) is 72.2 Å². The van der Waals surface area contributed by atoms with E-state index in [9.17, 15) is 14.4 Å². The molecule has 2 fully saturated rings. The number of carbonyl (C=O) groups excluding carboxylic acids is 3. The largest absolute Gasteiger partial charge is 0.426 e. The van der Waals surface area contributed by atoms with Gasteiger partial charge >= 0.3 is 11.4 Å². The average molecular weight is 1020 g/mol. The number of nitrogens with one attached hydrogen (secondary N) is 1. The number of pyridine rings is 3.